The van der Waals surface area contributed by atoms with E-state index in [0.717, 1.165) is 0 Å². The van der Waals surface area contributed by atoms with Crippen molar-refractivity contribution in [1.82, 2.24) is 0 Å². The molecule has 0 saturated carbocycles. The number of allylic oxidation sites excluding steroid dienone is 1. The largest absolute Gasteiger partial charge is 0.457 e. The summed E-state index contributed by atoms with van der Waals surface area (Å²) in [4.78, 5) is 0. The van der Waals surface area contributed by atoms with Crippen molar-refractivity contribution in [2.24, 2.45) is 0 Å². The second-order valence-electron chi connectivity index (χ2n) is 4.52. The molecule has 162 valence electrons. The van der Waals surface area contributed by atoms with Gasteiger partial charge >= 0.3 is 36.3 Å². The van der Waals surface area contributed by atoms with Crippen LogP contribution in [-0.4, -0.2) is 42.0 Å². The Hall–Kier alpha value is -1.52. The van der Waals surface area contributed by atoms with Gasteiger partial charge in [0.15, 0.2) is 0 Å². The van der Waals surface area contributed by atoms with E-state index in [9.17, 15) is 79.0 Å². The molecule has 0 aromatic heterocycles. The van der Waals surface area contributed by atoms with Gasteiger partial charge in [0.05, 0.1) is 0 Å². The van der Waals surface area contributed by atoms with Crippen molar-refractivity contribution >= 4 is 0 Å². The molecule has 0 aromatic rings. The summed E-state index contributed by atoms with van der Waals surface area (Å²) in [6.07, 6.45) is -37.7. The molecule has 0 spiro atoms. The van der Waals surface area contributed by atoms with Gasteiger partial charge in [-0.2, -0.15) is 70.2 Å². The molecule has 1 unspecified atom stereocenters. The highest BCUT2D eigenvalue weighted by molar-refractivity contribution is 5.37. The Morgan fingerprint density at radius 3 is 0.889 bits per heavy atom. The van der Waals surface area contributed by atoms with Gasteiger partial charge in [-0.25, -0.2) is 8.78 Å². The van der Waals surface area contributed by atoms with E-state index in [4.69, 9.17) is 0 Å². The molecule has 0 heterocycles. The van der Waals surface area contributed by atoms with Gasteiger partial charge in [0.1, 0.15) is 5.57 Å². The molecule has 18 heteroatoms. The quantitative estimate of drug-likeness (QED) is 0.435. The first kappa shape index (κ1) is 25.5. The summed E-state index contributed by atoms with van der Waals surface area (Å²) in [5.41, 5.74) is -23.2. The molecule has 0 radical (unpaired) electrons. The highest BCUT2D eigenvalue weighted by Gasteiger charge is 2.95. The summed E-state index contributed by atoms with van der Waals surface area (Å²) in [6.45, 7) is 0. The van der Waals surface area contributed by atoms with E-state index < -0.39 is 53.6 Å². The van der Waals surface area contributed by atoms with Gasteiger partial charge in [-0.15, -0.1) is 0 Å². The lowest BCUT2D eigenvalue weighted by atomic mass is 9.73. The third kappa shape index (κ3) is 3.50. The average molecular weight is 450 g/mol. The summed E-state index contributed by atoms with van der Waals surface area (Å²) in [5, 5.41) is 0. The second-order valence-corrected chi connectivity index (χ2v) is 4.52. The van der Waals surface area contributed by atoms with E-state index in [1.165, 1.54) is 0 Å². The average Bonchev–Trinajstić information content (AvgIpc) is 2.30. The first-order valence-corrected chi connectivity index (χ1v) is 5.40. The molecule has 0 nitrogen and oxygen atoms in total. The van der Waals surface area contributed by atoms with E-state index in [2.05, 4.69) is 0 Å². The van der Waals surface area contributed by atoms with Crippen LogP contribution >= 0.6 is 0 Å². The lowest BCUT2D eigenvalue weighted by molar-refractivity contribution is -0.424. The van der Waals surface area contributed by atoms with Crippen molar-refractivity contribution in [1.29, 1.82) is 0 Å². The molecule has 1 atom stereocenters. The topological polar surface area (TPSA) is 0 Å². The Balaban J connectivity index is 7.81. The first-order chi connectivity index (χ1) is 11.3. The molecule has 0 amide bonds. The van der Waals surface area contributed by atoms with Crippen LogP contribution in [0.4, 0.5) is 79.0 Å². The van der Waals surface area contributed by atoms with Crippen LogP contribution in [0.5, 0.6) is 0 Å². The van der Waals surface area contributed by atoms with Gasteiger partial charge in [0.25, 0.3) is 11.7 Å². The summed E-state index contributed by atoms with van der Waals surface area (Å²) >= 11 is 0. The summed E-state index contributed by atoms with van der Waals surface area (Å²) in [6, 6.07) is 0. The number of hydrogen-bond donors (Lipinski definition) is 0. The van der Waals surface area contributed by atoms with Gasteiger partial charge in [0.2, 0.25) is 0 Å². The lowest BCUT2D eigenvalue weighted by Gasteiger charge is -2.45. The van der Waals surface area contributed by atoms with Crippen LogP contribution in [-0.2, 0) is 0 Å². The van der Waals surface area contributed by atoms with Crippen LogP contribution in [0, 0.1) is 0 Å². The zero-order valence-electron chi connectivity index (χ0n) is 11.3. The minimum atomic E-state index is -8.76. The molecule has 0 N–H and O–H groups in total. The molecule has 0 aliphatic rings. The Kier molecular flexibility index (Phi) is 5.90. The molecule has 0 aliphatic carbocycles. The minimum Gasteiger partial charge on any atom is -0.227 e. The number of alkyl halides is 16. The zero-order chi connectivity index (χ0) is 22.7. The van der Waals surface area contributed by atoms with Crippen LogP contribution < -0.4 is 0 Å². The number of rotatable bonds is 3. The molecular formula is C9F18. The predicted octanol–water partition coefficient (Wildman–Crippen LogP) is 6.44. The Morgan fingerprint density at radius 2 is 0.741 bits per heavy atom. The maximum atomic E-state index is 14.0. The maximum absolute atomic E-state index is 14.0. The monoisotopic (exact) mass is 450 g/mol. The van der Waals surface area contributed by atoms with Crippen molar-refractivity contribution < 1.29 is 79.0 Å². The van der Waals surface area contributed by atoms with Gasteiger partial charge in [-0.05, 0) is 0 Å². The highest BCUT2D eigenvalue weighted by atomic mass is 19.4. The molecule has 0 saturated heterocycles. The molecule has 0 aliphatic heterocycles. The smallest absolute Gasteiger partial charge is 0.227 e. The Labute approximate surface area is 134 Å². The number of hydrogen-bond acceptors (Lipinski definition) is 0. The van der Waals surface area contributed by atoms with E-state index in [0.29, 0.717) is 0 Å². The Morgan fingerprint density at radius 1 is 0.444 bits per heavy atom. The van der Waals surface area contributed by atoms with Crippen LogP contribution in [0.25, 0.3) is 0 Å². The predicted molar refractivity (Wildman–Crippen MR) is 46.1 cm³/mol. The third-order valence-corrected chi connectivity index (χ3v) is 2.86. The molecule has 0 aromatic carbocycles. The van der Waals surface area contributed by atoms with Crippen molar-refractivity contribution in [3.05, 3.63) is 11.7 Å². The van der Waals surface area contributed by atoms with Crippen LogP contribution in [0.3, 0.4) is 0 Å². The summed E-state index contributed by atoms with van der Waals surface area (Å²) in [5.74, 6) is -8.59. The van der Waals surface area contributed by atoms with Crippen LogP contribution in [0.15, 0.2) is 11.7 Å². The lowest BCUT2D eigenvalue weighted by Crippen LogP contribution is -2.76. The SMILES string of the molecule is FC(F)=C(C(F)(F)F)C(F)(C(F)(F)C(F)(F)F)C(F)(C(F)(F)F)C(F)(F)F. The second kappa shape index (κ2) is 6.25. The van der Waals surface area contributed by atoms with Crippen LogP contribution in [0.2, 0.25) is 0 Å². The van der Waals surface area contributed by atoms with Crippen molar-refractivity contribution in [2.45, 2.75) is 42.0 Å². The summed E-state index contributed by atoms with van der Waals surface area (Å²) < 4.78 is 226. The highest BCUT2D eigenvalue weighted by Crippen LogP contribution is 2.66. The zero-order valence-corrected chi connectivity index (χ0v) is 11.3. The van der Waals surface area contributed by atoms with Crippen molar-refractivity contribution in [3.8, 4) is 0 Å². The molecule has 0 bridgehead atoms. The van der Waals surface area contributed by atoms with Gasteiger partial charge < -0.3 is 0 Å². The number of halogens is 18. The van der Waals surface area contributed by atoms with Gasteiger partial charge in [-0.3, -0.25) is 0 Å². The Bertz CT molecular complexity index is 562. The molecule has 0 fully saturated rings. The molecular weight excluding hydrogens is 450 g/mol. The fourth-order valence-corrected chi connectivity index (χ4v) is 1.72. The van der Waals surface area contributed by atoms with E-state index >= 15 is 0 Å². The standard InChI is InChI=1S/C9F18/c10-2(11)1(4(13,14)15)3(12,6(17,18)9(25,26)27)5(16,7(19,20)21)8(22,23)24. The first-order valence-electron chi connectivity index (χ1n) is 5.40. The van der Waals surface area contributed by atoms with Crippen molar-refractivity contribution in [2.75, 3.05) is 0 Å². The van der Waals surface area contributed by atoms with E-state index in [1.807, 2.05) is 0 Å². The molecule has 27 heavy (non-hydrogen) atoms. The van der Waals surface area contributed by atoms with Crippen molar-refractivity contribution in [3.63, 3.8) is 0 Å². The summed E-state index contributed by atoms with van der Waals surface area (Å²) in [7, 11) is 0. The van der Waals surface area contributed by atoms with E-state index in [1.54, 1.807) is 0 Å². The molecule has 0 rings (SSSR count). The fourth-order valence-electron chi connectivity index (χ4n) is 1.72. The normalized spacial score (nSPS) is 17.6. The minimum absolute atomic E-state index is 5.23. The fraction of sp³-hybridized carbons (Fsp3) is 0.778. The van der Waals surface area contributed by atoms with Crippen LogP contribution in [0.1, 0.15) is 0 Å². The van der Waals surface area contributed by atoms with Gasteiger partial charge in [0, 0.05) is 0 Å². The van der Waals surface area contributed by atoms with Gasteiger partial charge in [-0.1, -0.05) is 0 Å². The van der Waals surface area contributed by atoms with E-state index in [-0.39, 0.29) is 0 Å². The third-order valence-electron chi connectivity index (χ3n) is 2.86. The maximum Gasteiger partial charge on any atom is 0.457 e.